The van der Waals surface area contributed by atoms with Crippen LogP contribution in [0.2, 0.25) is 0 Å². The van der Waals surface area contributed by atoms with E-state index in [0.717, 1.165) is 17.7 Å². The van der Waals surface area contributed by atoms with Gasteiger partial charge in [0.15, 0.2) is 0 Å². The molecule has 0 spiro atoms. The molecule has 0 unspecified atom stereocenters. The molecule has 0 bridgehead atoms. The van der Waals surface area contributed by atoms with Gasteiger partial charge in [0, 0.05) is 24.0 Å². The van der Waals surface area contributed by atoms with Gasteiger partial charge < -0.3 is 5.32 Å². The van der Waals surface area contributed by atoms with Crippen LogP contribution in [0.15, 0.2) is 70.5 Å². The van der Waals surface area contributed by atoms with Crippen molar-refractivity contribution in [2.24, 2.45) is 0 Å². The molecule has 27 heavy (non-hydrogen) atoms. The highest BCUT2D eigenvalue weighted by Crippen LogP contribution is 2.52. The first-order chi connectivity index (χ1) is 13.0. The van der Waals surface area contributed by atoms with Crippen LogP contribution < -0.4 is 5.32 Å². The Morgan fingerprint density at radius 2 is 1.67 bits per heavy atom. The van der Waals surface area contributed by atoms with Crippen LogP contribution in [0.3, 0.4) is 0 Å². The van der Waals surface area contributed by atoms with Gasteiger partial charge in [-0.1, -0.05) is 36.4 Å². The van der Waals surface area contributed by atoms with E-state index < -0.39 is 14.8 Å². The van der Waals surface area contributed by atoms with Crippen LogP contribution in [-0.2, 0) is 14.8 Å². The quantitative estimate of drug-likeness (QED) is 0.807. The third-order valence-electron chi connectivity index (χ3n) is 5.04. The van der Waals surface area contributed by atoms with Crippen molar-refractivity contribution in [2.45, 2.75) is 39.8 Å². The van der Waals surface area contributed by atoms with Crippen LogP contribution in [0.5, 0.6) is 0 Å². The lowest BCUT2D eigenvalue weighted by atomic mass is 10.2. The lowest BCUT2D eigenvalue weighted by Gasteiger charge is -2.20. The molecule has 7 heteroatoms. The SMILES string of the molecule is O=C(N[C@H]1CCN(S(=O)(=O)c2ccccc2)C1)C1(Sc2ccccc2)CC1. The van der Waals surface area contributed by atoms with E-state index in [4.69, 9.17) is 0 Å². The second-order valence-electron chi connectivity index (χ2n) is 7.04. The molecule has 142 valence electrons. The molecule has 1 heterocycles. The van der Waals surface area contributed by atoms with Crippen molar-refractivity contribution < 1.29 is 13.2 Å². The molecule has 0 radical (unpaired) electrons. The monoisotopic (exact) mass is 402 g/mol. The second-order valence-corrected chi connectivity index (χ2v) is 10.4. The van der Waals surface area contributed by atoms with E-state index in [9.17, 15) is 13.2 Å². The summed E-state index contributed by atoms with van der Waals surface area (Å²) in [4.78, 5) is 14.2. The number of rotatable bonds is 6. The van der Waals surface area contributed by atoms with Crippen LogP contribution in [0.4, 0.5) is 0 Å². The van der Waals surface area contributed by atoms with Crippen molar-refractivity contribution in [3.63, 3.8) is 0 Å². The summed E-state index contributed by atoms with van der Waals surface area (Å²) < 4.78 is 26.5. The molecular weight excluding hydrogens is 380 g/mol. The van der Waals surface area contributed by atoms with Gasteiger partial charge >= 0.3 is 0 Å². The van der Waals surface area contributed by atoms with Gasteiger partial charge in [0.25, 0.3) is 0 Å². The van der Waals surface area contributed by atoms with Gasteiger partial charge in [-0.25, -0.2) is 8.42 Å². The lowest BCUT2D eigenvalue weighted by Crippen LogP contribution is -2.43. The third-order valence-corrected chi connectivity index (χ3v) is 8.41. The van der Waals surface area contributed by atoms with E-state index in [1.165, 1.54) is 4.31 Å². The summed E-state index contributed by atoms with van der Waals surface area (Å²) in [6.45, 7) is 0.760. The van der Waals surface area contributed by atoms with E-state index in [-0.39, 0.29) is 11.9 Å². The molecule has 0 aromatic heterocycles. The standard InChI is InChI=1S/C20H22N2O3S2/c23-19(20(12-13-20)26-17-7-3-1-4-8-17)21-16-11-14-22(15-16)27(24,25)18-9-5-2-6-10-18/h1-10,16H,11-15H2,(H,21,23)/t16-/m0/s1. The summed E-state index contributed by atoms with van der Waals surface area (Å²) in [6, 6.07) is 18.3. The zero-order valence-corrected chi connectivity index (χ0v) is 16.5. The van der Waals surface area contributed by atoms with Crippen LogP contribution in [0, 0.1) is 0 Å². The predicted molar refractivity (Wildman–Crippen MR) is 106 cm³/mol. The van der Waals surface area contributed by atoms with Gasteiger partial charge in [0.05, 0.1) is 9.64 Å². The Balaban J connectivity index is 1.38. The summed E-state index contributed by atoms with van der Waals surface area (Å²) in [5, 5.41) is 3.09. The maximum Gasteiger partial charge on any atom is 0.243 e. The molecule has 1 aliphatic heterocycles. The number of benzene rings is 2. The van der Waals surface area contributed by atoms with Crippen molar-refractivity contribution in [3.8, 4) is 0 Å². The van der Waals surface area contributed by atoms with Crippen molar-refractivity contribution in [2.75, 3.05) is 13.1 Å². The third kappa shape index (κ3) is 3.90. The van der Waals surface area contributed by atoms with E-state index in [1.807, 2.05) is 30.3 Å². The minimum absolute atomic E-state index is 0.0281. The number of hydrogen-bond acceptors (Lipinski definition) is 4. The number of nitrogens with one attached hydrogen (secondary N) is 1. The molecule has 4 rings (SSSR count). The predicted octanol–water partition coefficient (Wildman–Crippen LogP) is 2.89. The molecule has 2 aliphatic rings. The summed E-state index contributed by atoms with van der Waals surface area (Å²) in [5.41, 5.74) is 0. The Hall–Kier alpha value is -1.83. The molecule has 2 aromatic carbocycles. The average molecular weight is 403 g/mol. The van der Waals surface area contributed by atoms with Gasteiger partial charge in [0.2, 0.25) is 15.9 Å². The molecule has 1 aliphatic carbocycles. The van der Waals surface area contributed by atoms with Crippen molar-refractivity contribution in [3.05, 3.63) is 60.7 Å². The van der Waals surface area contributed by atoms with E-state index in [1.54, 1.807) is 42.1 Å². The summed E-state index contributed by atoms with van der Waals surface area (Å²) >= 11 is 1.61. The second kappa shape index (κ2) is 7.30. The fraction of sp³-hybridized carbons (Fsp3) is 0.350. The number of hydrogen-bond donors (Lipinski definition) is 1. The Morgan fingerprint density at radius 3 is 2.30 bits per heavy atom. The zero-order valence-electron chi connectivity index (χ0n) is 14.9. The Labute approximate surface area is 164 Å². The lowest BCUT2D eigenvalue weighted by molar-refractivity contribution is -0.121. The minimum Gasteiger partial charge on any atom is -0.351 e. The Kier molecular flexibility index (Phi) is 5.01. The van der Waals surface area contributed by atoms with Crippen molar-refractivity contribution in [1.29, 1.82) is 0 Å². The Bertz CT molecular complexity index is 913. The highest BCUT2D eigenvalue weighted by molar-refractivity contribution is 8.01. The smallest absolute Gasteiger partial charge is 0.243 e. The number of amides is 1. The number of carbonyl (C=O) groups excluding carboxylic acids is 1. The van der Waals surface area contributed by atoms with Crippen LogP contribution in [0.1, 0.15) is 19.3 Å². The van der Waals surface area contributed by atoms with Gasteiger partial charge in [-0.3, -0.25) is 4.79 Å². The summed E-state index contributed by atoms with van der Waals surface area (Å²) in [7, 11) is -3.50. The number of carbonyl (C=O) groups is 1. The van der Waals surface area contributed by atoms with Gasteiger partial charge in [-0.2, -0.15) is 4.31 Å². The molecule has 1 saturated carbocycles. The molecule has 5 nitrogen and oxygen atoms in total. The zero-order chi connectivity index (χ0) is 18.9. The minimum atomic E-state index is -3.50. The van der Waals surface area contributed by atoms with Crippen LogP contribution >= 0.6 is 11.8 Å². The maximum absolute atomic E-state index is 12.8. The first-order valence-corrected chi connectivity index (χ1v) is 11.4. The topological polar surface area (TPSA) is 66.5 Å². The van der Waals surface area contributed by atoms with E-state index in [0.29, 0.717) is 24.4 Å². The maximum atomic E-state index is 12.8. The molecule has 1 amide bonds. The Morgan fingerprint density at radius 1 is 1.04 bits per heavy atom. The van der Waals surface area contributed by atoms with Crippen LogP contribution in [-0.4, -0.2) is 42.5 Å². The molecule has 1 atom stereocenters. The van der Waals surface area contributed by atoms with Gasteiger partial charge in [-0.15, -0.1) is 11.8 Å². The first kappa shape index (κ1) is 18.5. The molecule has 1 saturated heterocycles. The largest absolute Gasteiger partial charge is 0.351 e. The van der Waals surface area contributed by atoms with E-state index >= 15 is 0 Å². The molecule has 1 N–H and O–H groups in total. The van der Waals surface area contributed by atoms with Crippen molar-refractivity contribution >= 4 is 27.7 Å². The number of sulfonamides is 1. The fourth-order valence-corrected chi connectivity index (χ4v) is 6.05. The summed E-state index contributed by atoms with van der Waals surface area (Å²) in [6.07, 6.45) is 2.36. The normalized spacial score (nSPS) is 21.7. The van der Waals surface area contributed by atoms with E-state index in [2.05, 4.69) is 5.32 Å². The molecular formula is C20H22N2O3S2. The summed E-state index contributed by atoms with van der Waals surface area (Å²) in [5.74, 6) is 0.0281. The fourth-order valence-electron chi connectivity index (χ4n) is 3.33. The number of nitrogens with zero attached hydrogens (tertiary/aromatic N) is 1. The number of thioether (sulfide) groups is 1. The van der Waals surface area contributed by atoms with Crippen LogP contribution in [0.25, 0.3) is 0 Å². The first-order valence-electron chi connectivity index (χ1n) is 9.10. The average Bonchev–Trinajstić information content (AvgIpc) is 3.31. The van der Waals surface area contributed by atoms with Gasteiger partial charge in [-0.05, 0) is 43.5 Å². The van der Waals surface area contributed by atoms with Crippen molar-refractivity contribution in [1.82, 2.24) is 9.62 Å². The highest BCUT2D eigenvalue weighted by atomic mass is 32.2. The van der Waals surface area contributed by atoms with Gasteiger partial charge in [0.1, 0.15) is 0 Å². The highest BCUT2D eigenvalue weighted by Gasteiger charge is 2.51. The molecule has 2 aromatic rings. The molecule has 2 fully saturated rings.